The lowest BCUT2D eigenvalue weighted by atomic mass is 9.72. The van der Waals surface area contributed by atoms with Crippen molar-refractivity contribution in [2.24, 2.45) is 17.8 Å². The third-order valence-corrected chi connectivity index (χ3v) is 9.45. The number of amides is 2. The highest BCUT2D eigenvalue weighted by Crippen LogP contribution is 2.53. The summed E-state index contributed by atoms with van der Waals surface area (Å²) in [6, 6.07) is 18.3. The van der Waals surface area contributed by atoms with Gasteiger partial charge in [0.1, 0.15) is 11.3 Å². The predicted molar refractivity (Wildman–Crippen MR) is 153 cm³/mol. The first-order chi connectivity index (χ1) is 19.4. The van der Waals surface area contributed by atoms with Gasteiger partial charge in [-0.15, -0.1) is 0 Å². The van der Waals surface area contributed by atoms with Crippen LogP contribution in [-0.4, -0.2) is 35.5 Å². The number of rotatable bonds is 7. The second kappa shape index (κ2) is 10.4. The molecule has 7 heteroatoms. The number of aliphatic carboxylic acids is 1. The average molecular weight is 541 g/mol. The zero-order valence-corrected chi connectivity index (χ0v) is 23.1. The molecule has 2 N–H and O–H groups in total. The maximum Gasteiger partial charge on any atom is 0.324 e. The maximum absolute atomic E-state index is 14.2. The smallest absolute Gasteiger partial charge is 0.324 e. The third-order valence-electron chi connectivity index (χ3n) is 9.45. The fourth-order valence-electron chi connectivity index (χ4n) is 7.47. The molecule has 6 rings (SSSR count). The van der Waals surface area contributed by atoms with E-state index in [1.165, 1.54) is 4.90 Å². The topological polar surface area (TPSA) is 95.9 Å². The van der Waals surface area contributed by atoms with Gasteiger partial charge in [-0.25, -0.2) is 4.90 Å². The highest BCUT2D eigenvalue weighted by molar-refractivity contribution is 6.24. The number of imide groups is 1. The van der Waals surface area contributed by atoms with Crippen LogP contribution >= 0.6 is 0 Å². The zero-order valence-electron chi connectivity index (χ0n) is 23.1. The summed E-state index contributed by atoms with van der Waals surface area (Å²) >= 11 is 0. The zero-order chi connectivity index (χ0) is 28.0. The minimum atomic E-state index is -1.54. The summed E-state index contributed by atoms with van der Waals surface area (Å²) in [5.74, 6) is -2.78. The summed E-state index contributed by atoms with van der Waals surface area (Å²) in [6.45, 7) is 2.05. The van der Waals surface area contributed by atoms with E-state index in [-0.39, 0.29) is 11.8 Å². The van der Waals surface area contributed by atoms with Crippen LogP contribution in [0.5, 0.6) is 5.75 Å². The predicted octanol–water partition coefficient (Wildman–Crippen LogP) is 5.65. The van der Waals surface area contributed by atoms with Crippen LogP contribution in [0.1, 0.15) is 62.6 Å². The molecule has 0 aromatic heterocycles. The summed E-state index contributed by atoms with van der Waals surface area (Å²) in [5, 5.41) is 16.1. The van der Waals surface area contributed by atoms with E-state index in [1.807, 2.05) is 55.5 Å². The lowest BCUT2D eigenvalue weighted by molar-refractivity contribution is -0.150. The van der Waals surface area contributed by atoms with E-state index in [0.717, 1.165) is 60.4 Å². The molecule has 0 spiro atoms. The molecule has 4 unspecified atom stereocenters. The Morgan fingerprint density at radius 2 is 1.68 bits per heavy atom. The minimum absolute atomic E-state index is 0.185. The summed E-state index contributed by atoms with van der Waals surface area (Å²) in [7, 11) is 1.62. The Balaban J connectivity index is 1.50. The van der Waals surface area contributed by atoms with E-state index in [9.17, 15) is 19.5 Å². The van der Waals surface area contributed by atoms with Crippen molar-refractivity contribution in [2.75, 3.05) is 12.0 Å². The number of hydrogen-bond donors (Lipinski definition) is 2. The molecule has 1 aliphatic carbocycles. The van der Waals surface area contributed by atoms with Gasteiger partial charge in [-0.1, -0.05) is 81.5 Å². The van der Waals surface area contributed by atoms with Gasteiger partial charge in [-0.2, -0.15) is 0 Å². The van der Waals surface area contributed by atoms with Crippen molar-refractivity contribution in [3.63, 3.8) is 0 Å². The van der Waals surface area contributed by atoms with Crippen LogP contribution < -0.4 is 15.0 Å². The summed E-state index contributed by atoms with van der Waals surface area (Å²) in [5.41, 5.74) is 0.868. The molecule has 1 saturated carbocycles. The van der Waals surface area contributed by atoms with Crippen molar-refractivity contribution in [1.82, 2.24) is 5.32 Å². The molecule has 0 radical (unpaired) electrons. The van der Waals surface area contributed by atoms with Crippen LogP contribution in [0.25, 0.3) is 10.8 Å². The number of benzene rings is 3. The number of carboxylic acids is 1. The Bertz CT molecular complexity index is 1460. The van der Waals surface area contributed by atoms with E-state index >= 15 is 0 Å². The van der Waals surface area contributed by atoms with E-state index in [4.69, 9.17) is 4.74 Å². The fraction of sp³-hybridized carbons (Fsp3) is 0.424. The molecule has 0 bridgehead atoms. The van der Waals surface area contributed by atoms with Gasteiger partial charge in [0.05, 0.1) is 24.6 Å². The normalized spacial score (nSPS) is 26.9. The number of carbonyl (C=O) groups is 3. The molecule has 3 aromatic rings. The number of carboxylic acid groups (broad SMARTS) is 1. The van der Waals surface area contributed by atoms with Crippen LogP contribution in [0.2, 0.25) is 0 Å². The van der Waals surface area contributed by atoms with Gasteiger partial charge >= 0.3 is 5.97 Å². The second-order valence-electron chi connectivity index (χ2n) is 11.5. The third kappa shape index (κ3) is 4.10. The molecule has 2 saturated heterocycles. The average Bonchev–Trinajstić information content (AvgIpc) is 3.46. The molecular weight excluding hydrogens is 504 g/mol. The lowest BCUT2D eigenvalue weighted by Gasteiger charge is -2.35. The lowest BCUT2D eigenvalue weighted by Crippen LogP contribution is -2.57. The minimum Gasteiger partial charge on any atom is -0.496 e. The first-order valence-electron chi connectivity index (χ1n) is 14.4. The van der Waals surface area contributed by atoms with Crippen molar-refractivity contribution in [3.05, 3.63) is 71.8 Å². The van der Waals surface area contributed by atoms with E-state index in [1.54, 1.807) is 19.2 Å². The Labute approximate surface area is 234 Å². The van der Waals surface area contributed by atoms with Crippen LogP contribution in [0.15, 0.2) is 60.7 Å². The molecule has 3 aromatic carbocycles. The SMILES string of the molecule is CCc1ccc(N2C(=O)C3C(c4ccc(OC)c5ccccc45)NC(CC4CCCCC4)(C(=O)O)C3C2=O)cc1. The van der Waals surface area contributed by atoms with Gasteiger partial charge in [0.25, 0.3) is 0 Å². The number of aryl methyl sites for hydroxylation is 1. The monoisotopic (exact) mass is 540 g/mol. The molecule has 2 heterocycles. The molecule has 40 heavy (non-hydrogen) atoms. The molecule has 208 valence electrons. The van der Waals surface area contributed by atoms with Gasteiger partial charge in [0.2, 0.25) is 11.8 Å². The van der Waals surface area contributed by atoms with Crippen LogP contribution in [0.3, 0.4) is 0 Å². The van der Waals surface area contributed by atoms with E-state index < -0.39 is 35.3 Å². The Morgan fingerprint density at radius 3 is 2.33 bits per heavy atom. The van der Waals surface area contributed by atoms with Gasteiger partial charge in [0.15, 0.2) is 0 Å². The Morgan fingerprint density at radius 1 is 0.975 bits per heavy atom. The number of ether oxygens (including phenoxy) is 1. The molecule has 3 fully saturated rings. The maximum atomic E-state index is 14.2. The summed E-state index contributed by atoms with van der Waals surface area (Å²) < 4.78 is 5.60. The number of methoxy groups -OCH3 is 1. The van der Waals surface area contributed by atoms with Crippen LogP contribution in [0, 0.1) is 17.8 Å². The summed E-state index contributed by atoms with van der Waals surface area (Å²) in [6.07, 6.45) is 6.31. The second-order valence-corrected chi connectivity index (χ2v) is 11.5. The Kier molecular flexibility index (Phi) is 6.87. The van der Waals surface area contributed by atoms with Crippen molar-refractivity contribution in [3.8, 4) is 5.75 Å². The first-order valence-corrected chi connectivity index (χ1v) is 14.4. The van der Waals surface area contributed by atoms with E-state index in [2.05, 4.69) is 5.32 Å². The highest BCUT2D eigenvalue weighted by Gasteiger charge is 2.69. The standard InChI is InChI=1S/C33H36N2O5/c1-3-20-13-15-22(16-14-20)35-30(36)27-28(31(35)37)33(32(38)39,19-21-9-5-4-6-10-21)34-29(27)25-17-18-26(40-2)24-12-8-7-11-23(24)25/h7-8,11-18,21,27-29,34H,3-6,9-10,19H2,1-2H3,(H,38,39). The van der Waals surface area contributed by atoms with Gasteiger partial charge in [0, 0.05) is 11.4 Å². The summed E-state index contributed by atoms with van der Waals surface area (Å²) in [4.78, 5) is 43.0. The van der Waals surface area contributed by atoms with E-state index in [0.29, 0.717) is 17.9 Å². The molecule has 3 aliphatic rings. The van der Waals surface area contributed by atoms with Crippen molar-refractivity contribution in [2.45, 2.75) is 63.5 Å². The van der Waals surface area contributed by atoms with Gasteiger partial charge < -0.3 is 9.84 Å². The number of nitrogens with zero attached hydrogens (tertiary/aromatic N) is 1. The Hall–Kier alpha value is -3.71. The van der Waals surface area contributed by atoms with Crippen LogP contribution in [0.4, 0.5) is 5.69 Å². The molecule has 2 amide bonds. The fourth-order valence-corrected chi connectivity index (χ4v) is 7.47. The van der Waals surface area contributed by atoms with Crippen LogP contribution in [-0.2, 0) is 20.8 Å². The van der Waals surface area contributed by atoms with Gasteiger partial charge in [-0.3, -0.25) is 19.7 Å². The quantitative estimate of drug-likeness (QED) is 0.376. The number of carbonyl (C=O) groups excluding carboxylic acids is 2. The number of fused-ring (bicyclic) bond motifs is 2. The molecular formula is C33H36N2O5. The molecule has 4 atom stereocenters. The van der Waals surface area contributed by atoms with Gasteiger partial charge in [-0.05, 0) is 53.5 Å². The number of anilines is 1. The number of nitrogens with one attached hydrogen (secondary N) is 1. The van der Waals surface area contributed by atoms with Crippen molar-refractivity contribution in [1.29, 1.82) is 0 Å². The molecule has 7 nitrogen and oxygen atoms in total. The highest BCUT2D eigenvalue weighted by atomic mass is 16.5. The molecule has 2 aliphatic heterocycles. The van der Waals surface area contributed by atoms with Crippen molar-refractivity contribution >= 4 is 34.2 Å². The number of hydrogen-bond acceptors (Lipinski definition) is 5. The largest absolute Gasteiger partial charge is 0.496 e. The first kappa shape index (κ1) is 26.5. The van der Waals surface area contributed by atoms with Crippen molar-refractivity contribution < 1.29 is 24.2 Å².